The normalized spacial score (nSPS) is 15.0. The number of carbonyl (C=O) groups excluding carboxylic acids is 1. The highest BCUT2D eigenvalue weighted by atomic mass is 16.5. The summed E-state index contributed by atoms with van der Waals surface area (Å²) in [6, 6.07) is 7.70. The first-order valence-corrected chi connectivity index (χ1v) is 8.89. The van der Waals surface area contributed by atoms with E-state index in [2.05, 4.69) is 17.3 Å². The monoisotopic (exact) mass is 355 g/mol. The third-order valence-corrected chi connectivity index (χ3v) is 4.53. The van der Waals surface area contributed by atoms with E-state index in [1.54, 1.807) is 19.4 Å². The van der Waals surface area contributed by atoms with Gasteiger partial charge in [0, 0.05) is 6.07 Å². The summed E-state index contributed by atoms with van der Waals surface area (Å²) in [4.78, 5) is 12.3. The van der Waals surface area contributed by atoms with E-state index >= 15 is 0 Å². The number of nitrogens with zero attached hydrogens (tertiary/aromatic N) is 2. The van der Waals surface area contributed by atoms with Crippen LogP contribution in [0.3, 0.4) is 0 Å². The summed E-state index contributed by atoms with van der Waals surface area (Å²) in [7, 11) is 1.58. The molecule has 1 aliphatic rings. The van der Waals surface area contributed by atoms with E-state index in [4.69, 9.17) is 9.47 Å². The van der Waals surface area contributed by atoms with Crippen LogP contribution >= 0.6 is 0 Å². The highest BCUT2D eigenvalue weighted by Gasteiger charge is 2.30. The lowest BCUT2D eigenvalue weighted by atomic mass is 10.2. The van der Waals surface area contributed by atoms with Crippen LogP contribution in [0.15, 0.2) is 36.5 Å². The molecule has 1 aromatic carbocycles. The third kappa shape index (κ3) is 4.25. The van der Waals surface area contributed by atoms with Crippen molar-refractivity contribution in [3.63, 3.8) is 0 Å². The van der Waals surface area contributed by atoms with E-state index in [1.807, 2.05) is 42.0 Å². The lowest BCUT2D eigenvalue weighted by Crippen LogP contribution is -2.23. The van der Waals surface area contributed by atoms with E-state index < -0.39 is 0 Å². The zero-order valence-electron chi connectivity index (χ0n) is 15.4. The van der Waals surface area contributed by atoms with E-state index in [9.17, 15) is 4.79 Å². The van der Waals surface area contributed by atoms with Gasteiger partial charge >= 0.3 is 0 Å². The van der Waals surface area contributed by atoms with Crippen LogP contribution in [0.2, 0.25) is 0 Å². The Hall–Kier alpha value is -2.76. The number of rotatable bonds is 8. The number of benzene rings is 1. The maximum Gasteiger partial charge on any atom is 0.263 e. The van der Waals surface area contributed by atoms with Gasteiger partial charge in [-0.05, 0) is 50.3 Å². The number of methoxy groups -OCH3 is 1. The average molecular weight is 355 g/mol. The van der Waals surface area contributed by atoms with E-state index in [1.165, 1.54) is 12.8 Å². The fourth-order valence-electron chi connectivity index (χ4n) is 2.94. The predicted molar refractivity (Wildman–Crippen MR) is 101 cm³/mol. The zero-order chi connectivity index (χ0) is 18.5. The van der Waals surface area contributed by atoms with Gasteiger partial charge in [0.15, 0.2) is 18.1 Å². The summed E-state index contributed by atoms with van der Waals surface area (Å²) < 4.78 is 12.9. The Morgan fingerprint density at radius 2 is 2.19 bits per heavy atom. The minimum Gasteiger partial charge on any atom is -0.493 e. The quantitative estimate of drug-likeness (QED) is 0.780. The molecule has 1 atom stereocenters. The van der Waals surface area contributed by atoms with E-state index in [-0.39, 0.29) is 12.5 Å². The standard InChI is InChI=1S/C20H25N3O3/c1-4-5-15-6-9-17(18(12-15)25-3)26-13-20(24)22-19-10-11-21-23(19)14(2)16-7-8-16/h4-6,9-12,14,16H,7-8,13H2,1-3H3,(H,22,24). The zero-order valence-corrected chi connectivity index (χ0v) is 15.4. The molecule has 1 N–H and O–H groups in total. The van der Waals surface area contributed by atoms with Gasteiger partial charge in [0.2, 0.25) is 0 Å². The van der Waals surface area contributed by atoms with Gasteiger partial charge in [-0.3, -0.25) is 4.79 Å². The van der Waals surface area contributed by atoms with Crippen LogP contribution in [-0.4, -0.2) is 29.4 Å². The van der Waals surface area contributed by atoms with Crippen LogP contribution in [0, 0.1) is 5.92 Å². The Morgan fingerprint density at radius 3 is 2.88 bits per heavy atom. The fourth-order valence-corrected chi connectivity index (χ4v) is 2.94. The number of carbonyl (C=O) groups is 1. The number of hydrogen-bond donors (Lipinski definition) is 1. The number of ether oxygens (including phenoxy) is 2. The molecule has 1 fully saturated rings. The summed E-state index contributed by atoms with van der Waals surface area (Å²) in [6.45, 7) is 3.99. The minimum absolute atomic E-state index is 0.0949. The van der Waals surface area contributed by atoms with E-state index in [0.717, 1.165) is 5.56 Å². The van der Waals surface area contributed by atoms with Gasteiger partial charge in [-0.25, -0.2) is 4.68 Å². The predicted octanol–water partition coefficient (Wildman–Crippen LogP) is 3.91. The molecule has 0 aliphatic heterocycles. The van der Waals surface area contributed by atoms with Crippen molar-refractivity contribution in [2.24, 2.45) is 5.92 Å². The second-order valence-corrected chi connectivity index (χ2v) is 6.49. The van der Waals surface area contributed by atoms with Crippen molar-refractivity contribution in [3.8, 4) is 11.5 Å². The molecule has 0 saturated heterocycles. The van der Waals surface area contributed by atoms with Gasteiger partial charge in [0.25, 0.3) is 5.91 Å². The molecule has 1 amide bonds. The smallest absolute Gasteiger partial charge is 0.263 e. The molecular formula is C20H25N3O3. The number of hydrogen-bond acceptors (Lipinski definition) is 4. The SMILES string of the molecule is CC=Cc1ccc(OCC(=O)Nc2ccnn2C(C)C2CC2)c(OC)c1. The lowest BCUT2D eigenvalue weighted by Gasteiger charge is -2.16. The number of aromatic nitrogens is 2. The number of allylic oxidation sites excluding steroid dienone is 1. The summed E-state index contributed by atoms with van der Waals surface area (Å²) >= 11 is 0. The van der Waals surface area contributed by atoms with Crippen LogP contribution in [0.5, 0.6) is 11.5 Å². The van der Waals surface area contributed by atoms with Gasteiger partial charge in [0.1, 0.15) is 5.82 Å². The highest BCUT2D eigenvalue weighted by molar-refractivity contribution is 5.91. The minimum atomic E-state index is -0.227. The summed E-state index contributed by atoms with van der Waals surface area (Å²) in [5.41, 5.74) is 1.01. The van der Waals surface area contributed by atoms with Crippen molar-refractivity contribution in [1.82, 2.24) is 9.78 Å². The molecule has 2 aromatic rings. The van der Waals surface area contributed by atoms with Crippen molar-refractivity contribution in [2.75, 3.05) is 19.0 Å². The van der Waals surface area contributed by atoms with Crippen LogP contribution in [0.4, 0.5) is 5.82 Å². The first kappa shape index (κ1) is 18.0. The first-order valence-electron chi connectivity index (χ1n) is 8.89. The summed E-state index contributed by atoms with van der Waals surface area (Å²) in [5, 5.41) is 7.22. The van der Waals surface area contributed by atoms with Crippen molar-refractivity contribution < 1.29 is 14.3 Å². The Balaban J connectivity index is 1.60. The Morgan fingerprint density at radius 1 is 1.38 bits per heavy atom. The van der Waals surface area contributed by atoms with Gasteiger partial charge in [0.05, 0.1) is 19.3 Å². The molecule has 1 heterocycles. The van der Waals surface area contributed by atoms with Crippen LogP contribution in [0.1, 0.15) is 38.3 Å². The third-order valence-electron chi connectivity index (χ3n) is 4.53. The molecule has 0 radical (unpaired) electrons. The highest BCUT2D eigenvalue weighted by Crippen LogP contribution is 2.40. The van der Waals surface area contributed by atoms with E-state index in [0.29, 0.717) is 29.3 Å². The Labute approximate surface area is 153 Å². The van der Waals surface area contributed by atoms with Gasteiger partial charge in [-0.15, -0.1) is 0 Å². The lowest BCUT2D eigenvalue weighted by molar-refractivity contribution is -0.118. The molecule has 138 valence electrons. The van der Waals surface area contributed by atoms with Crippen LogP contribution in [-0.2, 0) is 4.79 Å². The number of amides is 1. The average Bonchev–Trinajstić information content (AvgIpc) is 3.40. The van der Waals surface area contributed by atoms with Gasteiger partial charge < -0.3 is 14.8 Å². The second-order valence-electron chi connectivity index (χ2n) is 6.49. The largest absolute Gasteiger partial charge is 0.493 e. The Bertz CT molecular complexity index is 793. The molecule has 0 bridgehead atoms. The Kier molecular flexibility index (Phi) is 5.61. The summed E-state index contributed by atoms with van der Waals surface area (Å²) in [5.74, 6) is 2.26. The number of anilines is 1. The van der Waals surface area contributed by atoms with Crippen molar-refractivity contribution in [3.05, 3.63) is 42.1 Å². The maximum absolute atomic E-state index is 12.3. The molecule has 1 saturated carbocycles. The van der Waals surface area contributed by atoms with Crippen molar-refractivity contribution >= 4 is 17.8 Å². The van der Waals surface area contributed by atoms with Crippen LogP contribution in [0.25, 0.3) is 6.08 Å². The van der Waals surface area contributed by atoms with Crippen molar-refractivity contribution in [2.45, 2.75) is 32.7 Å². The number of nitrogens with one attached hydrogen (secondary N) is 1. The molecule has 1 aliphatic carbocycles. The molecular weight excluding hydrogens is 330 g/mol. The molecule has 6 heteroatoms. The first-order chi connectivity index (χ1) is 12.6. The fraction of sp³-hybridized carbons (Fsp3) is 0.400. The molecule has 1 aromatic heterocycles. The summed E-state index contributed by atoms with van der Waals surface area (Å²) in [6.07, 6.45) is 8.08. The molecule has 1 unspecified atom stereocenters. The van der Waals surface area contributed by atoms with Gasteiger partial charge in [-0.1, -0.05) is 18.2 Å². The van der Waals surface area contributed by atoms with Crippen molar-refractivity contribution in [1.29, 1.82) is 0 Å². The molecule has 3 rings (SSSR count). The van der Waals surface area contributed by atoms with Gasteiger partial charge in [-0.2, -0.15) is 5.10 Å². The maximum atomic E-state index is 12.3. The molecule has 0 spiro atoms. The second kappa shape index (κ2) is 8.08. The topological polar surface area (TPSA) is 65.4 Å². The molecule has 26 heavy (non-hydrogen) atoms. The van der Waals surface area contributed by atoms with Crippen LogP contribution < -0.4 is 14.8 Å². The molecule has 6 nitrogen and oxygen atoms in total.